The lowest BCUT2D eigenvalue weighted by Gasteiger charge is -2.18. The van der Waals surface area contributed by atoms with E-state index in [-0.39, 0.29) is 12.0 Å². The number of nitro benzene ring substituents is 1. The molecule has 0 saturated heterocycles. The monoisotopic (exact) mass is 256 g/mol. The number of hydrogen-bond donors (Lipinski definition) is 4. The molecule has 0 aliphatic carbocycles. The van der Waals surface area contributed by atoms with Crippen LogP contribution in [0.5, 0.6) is 5.75 Å². The van der Waals surface area contributed by atoms with Crippen LogP contribution in [0.15, 0.2) is 18.2 Å². The Hall–Kier alpha value is -1.70. The van der Waals surface area contributed by atoms with Crippen molar-refractivity contribution in [3.05, 3.63) is 33.9 Å². The Morgan fingerprint density at radius 2 is 2.11 bits per heavy atom. The van der Waals surface area contributed by atoms with Crippen LogP contribution in [0.4, 0.5) is 5.69 Å². The first kappa shape index (κ1) is 14.4. The average Bonchev–Trinajstić information content (AvgIpc) is 2.35. The molecule has 1 aromatic carbocycles. The smallest absolute Gasteiger partial charge is 0.311 e. The van der Waals surface area contributed by atoms with E-state index in [0.717, 1.165) is 6.07 Å². The first-order valence-electron chi connectivity index (χ1n) is 5.46. The normalized spacial score (nSPS) is 14.2. The number of rotatable bonds is 6. The van der Waals surface area contributed by atoms with Crippen molar-refractivity contribution in [2.45, 2.75) is 18.6 Å². The summed E-state index contributed by atoms with van der Waals surface area (Å²) in [4.78, 5) is 9.89. The van der Waals surface area contributed by atoms with E-state index in [2.05, 4.69) is 5.32 Å². The van der Waals surface area contributed by atoms with E-state index in [1.165, 1.54) is 12.1 Å². The number of aromatic hydroxyl groups is 1. The highest BCUT2D eigenvalue weighted by Gasteiger charge is 2.25. The van der Waals surface area contributed by atoms with Gasteiger partial charge in [0.05, 0.1) is 11.0 Å². The lowest BCUT2D eigenvalue weighted by atomic mass is 10.0. The molecule has 0 bridgehead atoms. The van der Waals surface area contributed by atoms with Crippen LogP contribution in [0.2, 0.25) is 0 Å². The first-order chi connectivity index (χ1) is 8.49. The molecule has 0 aliphatic rings. The molecule has 1 rings (SSSR count). The molecule has 0 saturated carbocycles. The Balaban J connectivity index is 2.95. The van der Waals surface area contributed by atoms with Gasteiger partial charge in [-0.1, -0.05) is 12.1 Å². The van der Waals surface area contributed by atoms with Gasteiger partial charge in [-0.15, -0.1) is 0 Å². The van der Waals surface area contributed by atoms with Crippen LogP contribution >= 0.6 is 0 Å². The number of phenols is 1. The van der Waals surface area contributed by atoms with Gasteiger partial charge in [-0.2, -0.15) is 0 Å². The predicted molar refractivity (Wildman–Crippen MR) is 64.3 cm³/mol. The molecular weight excluding hydrogens is 240 g/mol. The van der Waals surface area contributed by atoms with E-state index < -0.39 is 28.6 Å². The third-order valence-corrected chi connectivity index (χ3v) is 2.62. The molecule has 0 amide bonds. The van der Waals surface area contributed by atoms with Crippen LogP contribution in [-0.4, -0.2) is 39.9 Å². The zero-order valence-electron chi connectivity index (χ0n) is 9.91. The highest BCUT2D eigenvalue weighted by Crippen LogP contribution is 2.34. The summed E-state index contributed by atoms with van der Waals surface area (Å²) in [6.07, 6.45) is -2.21. The fourth-order valence-electron chi connectivity index (χ4n) is 1.59. The highest BCUT2D eigenvalue weighted by atomic mass is 16.6. The number of nitrogens with one attached hydrogen (secondary N) is 1. The molecule has 0 aromatic heterocycles. The van der Waals surface area contributed by atoms with Crippen molar-refractivity contribution in [2.24, 2.45) is 0 Å². The zero-order chi connectivity index (χ0) is 13.7. The second-order valence-corrected chi connectivity index (χ2v) is 3.88. The van der Waals surface area contributed by atoms with Crippen molar-refractivity contribution >= 4 is 5.69 Å². The third-order valence-electron chi connectivity index (χ3n) is 2.62. The van der Waals surface area contributed by atoms with E-state index in [9.17, 15) is 25.4 Å². The summed E-state index contributed by atoms with van der Waals surface area (Å²) in [5.41, 5.74) is -0.542. The number of nitro groups is 1. The van der Waals surface area contributed by atoms with Crippen molar-refractivity contribution in [3.8, 4) is 5.75 Å². The van der Waals surface area contributed by atoms with Crippen LogP contribution in [0.1, 0.15) is 18.1 Å². The van der Waals surface area contributed by atoms with Gasteiger partial charge < -0.3 is 20.6 Å². The molecule has 0 spiro atoms. The van der Waals surface area contributed by atoms with E-state index in [4.69, 9.17) is 0 Å². The van der Waals surface area contributed by atoms with Crippen molar-refractivity contribution in [2.75, 3.05) is 13.6 Å². The second kappa shape index (κ2) is 6.29. The van der Waals surface area contributed by atoms with E-state index in [1.807, 2.05) is 0 Å². The number of benzene rings is 1. The molecule has 0 heterocycles. The quantitative estimate of drug-likeness (QED) is 0.430. The van der Waals surface area contributed by atoms with Crippen LogP contribution < -0.4 is 5.32 Å². The van der Waals surface area contributed by atoms with E-state index in [0.29, 0.717) is 6.54 Å². The Morgan fingerprint density at radius 3 is 2.67 bits per heavy atom. The number of aliphatic hydroxyl groups excluding tert-OH is 2. The summed E-state index contributed by atoms with van der Waals surface area (Å²) in [6.45, 7) is 0.480. The third kappa shape index (κ3) is 3.16. The summed E-state index contributed by atoms with van der Waals surface area (Å²) in [7, 11) is 1.70. The summed E-state index contributed by atoms with van der Waals surface area (Å²) >= 11 is 0. The molecule has 0 radical (unpaired) electrons. The fourth-order valence-corrected chi connectivity index (χ4v) is 1.59. The minimum absolute atomic E-state index is 0.0483. The Kier molecular flexibility index (Phi) is 5.02. The van der Waals surface area contributed by atoms with Crippen LogP contribution in [0, 0.1) is 10.1 Å². The lowest BCUT2D eigenvalue weighted by Crippen LogP contribution is -2.23. The lowest BCUT2D eigenvalue weighted by molar-refractivity contribution is -0.386. The van der Waals surface area contributed by atoms with Gasteiger partial charge in [0, 0.05) is 11.6 Å². The van der Waals surface area contributed by atoms with E-state index in [1.54, 1.807) is 7.05 Å². The minimum atomic E-state index is -1.36. The van der Waals surface area contributed by atoms with Crippen molar-refractivity contribution in [1.82, 2.24) is 5.32 Å². The van der Waals surface area contributed by atoms with Crippen molar-refractivity contribution in [3.63, 3.8) is 0 Å². The highest BCUT2D eigenvalue weighted by molar-refractivity contribution is 5.51. The van der Waals surface area contributed by atoms with Crippen LogP contribution in [0.3, 0.4) is 0 Å². The van der Waals surface area contributed by atoms with Crippen LogP contribution in [-0.2, 0) is 0 Å². The molecular formula is C11H16N2O5. The molecule has 7 nitrogen and oxygen atoms in total. The Morgan fingerprint density at radius 1 is 1.44 bits per heavy atom. The molecule has 0 fully saturated rings. The van der Waals surface area contributed by atoms with Crippen molar-refractivity contribution in [1.29, 1.82) is 0 Å². The summed E-state index contributed by atoms with van der Waals surface area (Å²) in [6, 6.07) is 3.82. The predicted octanol–water partition coefficient (Wildman–Crippen LogP) is 0.304. The average molecular weight is 256 g/mol. The van der Waals surface area contributed by atoms with Gasteiger partial charge in [-0.3, -0.25) is 10.1 Å². The largest absolute Gasteiger partial charge is 0.502 e. The second-order valence-electron chi connectivity index (χ2n) is 3.88. The van der Waals surface area contributed by atoms with Gasteiger partial charge in [0.2, 0.25) is 0 Å². The number of nitrogens with zero attached hydrogens (tertiary/aromatic N) is 1. The summed E-state index contributed by atoms with van der Waals surface area (Å²) < 4.78 is 0. The number of phenolic OH excluding ortho intramolecular Hbond substituents is 1. The Bertz CT molecular complexity index is 424. The van der Waals surface area contributed by atoms with Gasteiger partial charge in [0.1, 0.15) is 6.10 Å². The summed E-state index contributed by atoms with van der Waals surface area (Å²) in [5, 5.41) is 42.6. The first-order valence-corrected chi connectivity index (χ1v) is 5.46. The topological polar surface area (TPSA) is 116 Å². The molecule has 18 heavy (non-hydrogen) atoms. The fraction of sp³-hybridized carbons (Fsp3) is 0.455. The summed E-state index contributed by atoms with van der Waals surface area (Å²) in [5.74, 6) is -0.612. The standard InChI is InChI=1S/C11H16N2O5/c1-12-6-5-9(14)11(16)7-3-2-4-8(10(7)15)13(17)18/h2-4,9,11-12,14-16H,5-6H2,1H3. The SMILES string of the molecule is CNCCC(O)C(O)c1cccc([N+](=O)[O-])c1O. The van der Waals surface area contributed by atoms with Gasteiger partial charge in [0.25, 0.3) is 0 Å². The van der Waals surface area contributed by atoms with E-state index >= 15 is 0 Å². The van der Waals surface area contributed by atoms with Gasteiger partial charge >= 0.3 is 5.69 Å². The molecule has 0 aliphatic heterocycles. The number of hydrogen-bond acceptors (Lipinski definition) is 6. The van der Waals surface area contributed by atoms with Crippen LogP contribution in [0.25, 0.3) is 0 Å². The molecule has 4 N–H and O–H groups in total. The zero-order valence-corrected chi connectivity index (χ0v) is 9.91. The maximum Gasteiger partial charge on any atom is 0.311 e. The molecule has 2 unspecified atom stereocenters. The van der Waals surface area contributed by atoms with Gasteiger partial charge in [-0.25, -0.2) is 0 Å². The van der Waals surface area contributed by atoms with Gasteiger partial charge in [0.15, 0.2) is 5.75 Å². The molecule has 1 aromatic rings. The van der Waals surface area contributed by atoms with Crippen molar-refractivity contribution < 1.29 is 20.2 Å². The maximum absolute atomic E-state index is 10.6. The molecule has 100 valence electrons. The minimum Gasteiger partial charge on any atom is -0.502 e. The molecule has 2 atom stereocenters. The van der Waals surface area contributed by atoms with Gasteiger partial charge in [-0.05, 0) is 20.0 Å². The number of para-hydroxylation sites is 1. The maximum atomic E-state index is 10.6. The molecule has 7 heteroatoms. The Labute approximate surface area is 104 Å². The number of aliphatic hydroxyl groups is 2.